The molecule has 0 aliphatic heterocycles. The minimum absolute atomic E-state index is 0.297. The van der Waals surface area contributed by atoms with Crippen LogP contribution in [0.25, 0.3) is 0 Å². The Labute approximate surface area is 164 Å². The number of nitrogens with one attached hydrogen (secondary N) is 1. The first-order valence-corrected chi connectivity index (χ1v) is 8.79. The van der Waals surface area contributed by atoms with Gasteiger partial charge in [0, 0.05) is 24.1 Å². The van der Waals surface area contributed by atoms with Crippen molar-refractivity contribution in [2.75, 3.05) is 23.0 Å². The molecule has 0 bridgehead atoms. The maximum atomic E-state index is 12.5. The number of carbonyl (C=O) groups is 2. The molecule has 0 aliphatic carbocycles. The molecule has 0 fully saturated rings. The molecule has 0 aliphatic rings. The average Bonchev–Trinajstić information content (AvgIpc) is 2.56. The van der Waals surface area contributed by atoms with Gasteiger partial charge in [-0.1, -0.05) is 11.6 Å². The lowest BCUT2D eigenvalue weighted by molar-refractivity contribution is 0.0589. The number of aryl methyl sites for hydroxylation is 1. The van der Waals surface area contributed by atoms with Crippen molar-refractivity contribution in [2.45, 2.75) is 33.3 Å². The number of nitrogens with zero attached hydrogens (tertiary/aromatic N) is 1. The summed E-state index contributed by atoms with van der Waals surface area (Å²) < 4.78 is 5.36. The van der Waals surface area contributed by atoms with Gasteiger partial charge in [0.1, 0.15) is 5.60 Å². The molecular weight excluding hydrogens is 366 g/mol. The van der Waals surface area contributed by atoms with Crippen LogP contribution in [-0.4, -0.2) is 24.6 Å². The SMILES string of the molecule is Cc1cc(N(C)C(=O)OC(C)(C)C)ccc1NC(=O)c1cc(N)ccc1Cl. The van der Waals surface area contributed by atoms with Gasteiger partial charge in [0.15, 0.2) is 0 Å². The van der Waals surface area contributed by atoms with Crippen LogP contribution in [0.2, 0.25) is 5.02 Å². The first-order valence-electron chi connectivity index (χ1n) is 8.41. The van der Waals surface area contributed by atoms with E-state index < -0.39 is 11.7 Å². The Kier molecular flexibility index (Phi) is 6.01. The molecule has 0 spiro atoms. The van der Waals surface area contributed by atoms with Crippen LogP contribution in [0, 0.1) is 6.92 Å². The van der Waals surface area contributed by atoms with Crippen LogP contribution in [-0.2, 0) is 4.74 Å². The summed E-state index contributed by atoms with van der Waals surface area (Å²) in [5.41, 5.74) is 7.95. The van der Waals surface area contributed by atoms with Crippen molar-refractivity contribution in [3.8, 4) is 0 Å². The van der Waals surface area contributed by atoms with Crippen molar-refractivity contribution in [1.82, 2.24) is 0 Å². The van der Waals surface area contributed by atoms with Crippen LogP contribution >= 0.6 is 11.6 Å². The molecule has 0 atom stereocenters. The number of benzene rings is 2. The van der Waals surface area contributed by atoms with Gasteiger partial charge in [0.25, 0.3) is 5.91 Å². The molecule has 2 aromatic rings. The van der Waals surface area contributed by atoms with E-state index in [1.54, 1.807) is 37.4 Å². The molecular formula is C20H24ClN3O3. The van der Waals surface area contributed by atoms with Crippen LogP contribution < -0.4 is 16.0 Å². The Morgan fingerprint density at radius 3 is 2.41 bits per heavy atom. The van der Waals surface area contributed by atoms with Crippen LogP contribution in [0.5, 0.6) is 0 Å². The predicted molar refractivity (Wildman–Crippen MR) is 110 cm³/mol. The average molecular weight is 390 g/mol. The van der Waals surface area contributed by atoms with Crippen molar-refractivity contribution in [3.63, 3.8) is 0 Å². The first kappa shape index (κ1) is 20.6. The van der Waals surface area contributed by atoms with Gasteiger partial charge in [0.05, 0.1) is 10.6 Å². The third-order valence-electron chi connectivity index (χ3n) is 3.75. The number of carbonyl (C=O) groups excluding carboxylic acids is 2. The van der Waals surface area contributed by atoms with E-state index in [0.717, 1.165) is 5.56 Å². The smallest absolute Gasteiger partial charge is 0.414 e. The van der Waals surface area contributed by atoms with Crippen LogP contribution in [0.4, 0.5) is 21.9 Å². The Balaban J connectivity index is 2.18. The number of rotatable bonds is 3. The van der Waals surface area contributed by atoms with E-state index in [0.29, 0.717) is 27.6 Å². The Hall–Kier alpha value is -2.73. The third kappa shape index (κ3) is 5.37. The molecule has 0 radical (unpaired) electrons. The van der Waals surface area contributed by atoms with Gasteiger partial charge in [0.2, 0.25) is 0 Å². The van der Waals surface area contributed by atoms with E-state index in [2.05, 4.69) is 5.32 Å². The maximum absolute atomic E-state index is 12.5. The number of hydrogen-bond acceptors (Lipinski definition) is 4. The molecule has 144 valence electrons. The van der Waals surface area contributed by atoms with Gasteiger partial charge in [-0.05, 0) is 69.7 Å². The first-order chi connectivity index (χ1) is 12.5. The lowest BCUT2D eigenvalue weighted by Gasteiger charge is -2.25. The number of hydrogen-bond donors (Lipinski definition) is 2. The Morgan fingerprint density at radius 2 is 1.81 bits per heavy atom. The zero-order valence-electron chi connectivity index (χ0n) is 16.1. The lowest BCUT2D eigenvalue weighted by atomic mass is 10.1. The van der Waals surface area contributed by atoms with E-state index in [-0.39, 0.29) is 5.91 Å². The molecule has 0 saturated heterocycles. The molecule has 0 saturated carbocycles. The van der Waals surface area contributed by atoms with E-state index >= 15 is 0 Å². The summed E-state index contributed by atoms with van der Waals surface area (Å²) in [4.78, 5) is 26.1. The highest BCUT2D eigenvalue weighted by Crippen LogP contribution is 2.25. The van der Waals surface area contributed by atoms with Gasteiger partial charge in [-0.25, -0.2) is 4.79 Å². The Morgan fingerprint density at radius 1 is 1.15 bits per heavy atom. The molecule has 0 unspecified atom stereocenters. The van der Waals surface area contributed by atoms with Crippen molar-refractivity contribution in [1.29, 1.82) is 0 Å². The molecule has 3 N–H and O–H groups in total. The number of halogens is 1. The normalized spacial score (nSPS) is 11.0. The molecule has 7 heteroatoms. The summed E-state index contributed by atoms with van der Waals surface area (Å²) in [5.74, 6) is -0.358. The summed E-state index contributed by atoms with van der Waals surface area (Å²) in [6.07, 6.45) is -0.453. The number of ether oxygens (including phenoxy) is 1. The highest BCUT2D eigenvalue weighted by Gasteiger charge is 2.21. The molecule has 2 amide bonds. The topological polar surface area (TPSA) is 84.7 Å². The molecule has 0 aromatic heterocycles. The zero-order valence-corrected chi connectivity index (χ0v) is 16.8. The summed E-state index contributed by atoms with van der Waals surface area (Å²) in [5, 5.41) is 3.13. The van der Waals surface area contributed by atoms with Crippen LogP contribution in [0.1, 0.15) is 36.7 Å². The highest BCUT2D eigenvalue weighted by molar-refractivity contribution is 6.34. The second kappa shape index (κ2) is 7.88. The molecule has 27 heavy (non-hydrogen) atoms. The summed E-state index contributed by atoms with van der Waals surface area (Å²) >= 11 is 6.08. The maximum Gasteiger partial charge on any atom is 0.414 e. The monoisotopic (exact) mass is 389 g/mol. The molecule has 6 nitrogen and oxygen atoms in total. The van der Waals surface area contributed by atoms with Gasteiger partial charge in [-0.2, -0.15) is 0 Å². The molecule has 2 aromatic carbocycles. The Bertz CT molecular complexity index is 875. The lowest BCUT2D eigenvalue weighted by Crippen LogP contribution is -2.34. The minimum atomic E-state index is -0.578. The van der Waals surface area contributed by atoms with Gasteiger partial charge >= 0.3 is 6.09 Å². The summed E-state index contributed by atoms with van der Waals surface area (Å²) in [7, 11) is 1.63. The van der Waals surface area contributed by atoms with Gasteiger partial charge in [-0.3, -0.25) is 9.69 Å². The minimum Gasteiger partial charge on any atom is -0.443 e. The fourth-order valence-electron chi connectivity index (χ4n) is 2.34. The second-order valence-corrected chi connectivity index (χ2v) is 7.64. The predicted octanol–water partition coefficient (Wildman–Crippen LogP) is 4.85. The second-order valence-electron chi connectivity index (χ2n) is 7.23. The van der Waals surface area contributed by atoms with Crippen molar-refractivity contribution in [2.24, 2.45) is 0 Å². The quantitative estimate of drug-likeness (QED) is 0.734. The summed E-state index contributed by atoms with van der Waals surface area (Å²) in [6.45, 7) is 7.27. The standard InChI is InChI=1S/C20H24ClN3O3/c1-12-10-14(24(5)19(26)27-20(2,3)4)7-9-17(12)23-18(25)15-11-13(22)6-8-16(15)21/h6-11H,22H2,1-5H3,(H,23,25). The fourth-order valence-corrected chi connectivity index (χ4v) is 2.54. The number of anilines is 3. The molecule has 0 heterocycles. The van der Waals surface area contributed by atoms with Gasteiger partial charge in [-0.15, -0.1) is 0 Å². The fraction of sp³-hybridized carbons (Fsp3) is 0.300. The highest BCUT2D eigenvalue weighted by atomic mass is 35.5. The van der Waals surface area contributed by atoms with Crippen molar-refractivity contribution >= 4 is 40.7 Å². The van der Waals surface area contributed by atoms with Crippen molar-refractivity contribution < 1.29 is 14.3 Å². The van der Waals surface area contributed by atoms with E-state index in [1.165, 1.54) is 11.0 Å². The third-order valence-corrected chi connectivity index (χ3v) is 4.08. The molecule has 2 rings (SSSR count). The van der Waals surface area contributed by atoms with E-state index in [1.807, 2.05) is 27.7 Å². The zero-order chi connectivity index (χ0) is 20.4. The van der Waals surface area contributed by atoms with E-state index in [9.17, 15) is 9.59 Å². The van der Waals surface area contributed by atoms with Crippen LogP contribution in [0.3, 0.4) is 0 Å². The number of nitrogens with two attached hydrogens (primary N) is 1. The van der Waals surface area contributed by atoms with Crippen LogP contribution in [0.15, 0.2) is 36.4 Å². The van der Waals surface area contributed by atoms with Gasteiger partial charge < -0.3 is 15.8 Å². The number of amides is 2. The summed E-state index contributed by atoms with van der Waals surface area (Å²) in [6, 6.07) is 9.98. The largest absolute Gasteiger partial charge is 0.443 e. The van der Waals surface area contributed by atoms with Crippen molar-refractivity contribution in [3.05, 3.63) is 52.5 Å². The van der Waals surface area contributed by atoms with E-state index in [4.69, 9.17) is 22.1 Å². The number of nitrogen functional groups attached to an aromatic ring is 1.